The van der Waals surface area contributed by atoms with Crippen LogP contribution in [0.3, 0.4) is 0 Å². The van der Waals surface area contributed by atoms with E-state index >= 15 is 0 Å². The van der Waals surface area contributed by atoms with Crippen molar-refractivity contribution in [3.8, 4) is 0 Å². The first-order valence-electron chi connectivity index (χ1n) is 8.06. The van der Waals surface area contributed by atoms with Gasteiger partial charge in [0.25, 0.3) is 0 Å². The Balaban J connectivity index is 1.98. The zero-order valence-corrected chi connectivity index (χ0v) is 13.9. The molecule has 0 heterocycles. The van der Waals surface area contributed by atoms with Crippen LogP contribution < -0.4 is 10.6 Å². The molecule has 1 aliphatic rings. The molecule has 1 aromatic carbocycles. The molecule has 1 saturated carbocycles. The van der Waals surface area contributed by atoms with Crippen LogP contribution in [0.5, 0.6) is 0 Å². The Kier molecular flexibility index (Phi) is 5.19. The van der Waals surface area contributed by atoms with E-state index in [1.807, 2.05) is 0 Å². The van der Waals surface area contributed by atoms with Gasteiger partial charge in [0.05, 0.1) is 0 Å². The predicted molar refractivity (Wildman–Crippen MR) is 89.2 cm³/mol. The lowest BCUT2D eigenvalue weighted by molar-refractivity contribution is -0.134. The van der Waals surface area contributed by atoms with Crippen LogP contribution in [0.1, 0.15) is 50.4 Å². The summed E-state index contributed by atoms with van der Waals surface area (Å²) in [6.45, 7) is 6.25. The van der Waals surface area contributed by atoms with Crippen LogP contribution in [0.15, 0.2) is 24.3 Å². The van der Waals surface area contributed by atoms with Crippen molar-refractivity contribution < 1.29 is 14.4 Å². The molecule has 1 aromatic rings. The van der Waals surface area contributed by atoms with Crippen LogP contribution in [0.4, 0.5) is 5.69 Å². The largest absolute Gasteiger partial charge is 0.355 e. The average molecular weight is 316 g/mol. The lowest BCUT2D eigenvalue weighted by Gasteiger charge is -2.16. The van der Waals surface area contributed by atoms with Gasteiger partial charge in [-0.1, -0.05) is 26.0 Å². The first kappa shape index (κ1) is 17.2. The molecule has 0 saturated heterocycles. The van der Waals surface area contributed by atoms with E-state index in [1.54, 1.807) is 24.3 Å². The third-order valence-electron chi connectivity index (χ3n) is 4.15. The van der Waals surface area contributed by atoms with E-state index < -0.39 is 5.41 Å². The normalized spacial score (nSPS) is 15.1. The summed E-state index contributed by atoms with van der Waals surface area (Å²) in [7, 11) is 0. The summed E-state index contributed by atoms with van der Waals surface area (Å²) in [6, 6.07) is 6.77. The molecule has 124 valence electrons. The van der Waals surface area contributed by atoms with Crippen LogP contribution >= 0.6 is 0 Å². The van der Waals surface area contributed by atoms with E-state index in [1.165, 1.54) is 6.92 Å². The van der Waals surface area contributed by atoms with Crippen LogP contribution in [0.2, 0.25) is 0 Å². The fourth-order valence-electron chi connectivity index (χ4n) is 2.39. The second-order valence-electron chi connectivity index (χ2n) is 6.61. The molecule has 1 fully saturated rings. The van der Waals surface area contributed by atoms with Crippen LogP contribution in [-0.2, 0) is 9.59 Å². The molecule has 0 radical (unpaired) electrons. The summed E-state index contributed by atoms with van der Waals surface area (Å²) in [4.78, 5) is 36.1. The lowest BCUT2D eigenvalue weighted by atomic mass is 10.0. The van der Waals surface area contributed by atoms with E-state index in [4.69, 9.17) is 0 Å². The van der Waals surface area contributed by atoms with Crippen molar-refractivity contribution >= 4 is 23.3 Å². The number of carbonyl (C=O) groups is 3. The van der Waals surface area contributed by atoms with Gasteiger partial charge in [0.2, 0.25) is 11.8 Å². The molecule has 23 heavy (non-hydrogen) atoms. The number of hydrogen-bond acceptors (Lipinski definition) is 3. The van der Waals surface area contributed by atoms with Gasteiger partial charge in [0, 0.05) is 17.8 Å². The van der Waals surface area contributed by atoms with Crippen molar-refractivity contribution in [1.82, 2.24) is 5.32 Å². The number of carbonyl (C=O) groups excluding carboxylic acids is 3. The summed E-state index contributed by atoms with van der Waals surface area (Å²) in [5.74, 6) is -0.0408. The van der Waals surface area contributed by atoms with Crippen molar-refractivity contribution in [2.45, 2.75) is 40.0 Å². The zero-order chi connectivity index (χ0) is 17.0. The monoisotopic (exact) mass is 316 g/mol. The zero-order valence-electron chi connectivity index (χ0n) is 13.9. The summed E-state index contributed by atoms with van der Waals surface area (Å²) in [5, 5.41) is 5.63. The van der Waals surface area contributed by atoms with Gasteiger partial charge >= 0.3 is 0 Å². The van der Waals surface area contributed by atoms with Gasteiger partial charge < -0.3 is 10.6 Å². The van der Waals surface area contributed by atoms with Crippen LogP contribution in [-0.4, -0.2) is 24.1 Å². The van der Waals surface area contributed by atoms with Gasteiger partial charge in [-0.2, -0.15) is 0 Å². The van der Waals surface area contributed by atoms with Gasteiger partial charge in [-0.25, -0.2) is 0 Å². The topological polar surface area (TPSA) is 75.3 Å². The Bertz CT molecular complexity index is 618. The molecule has 0 atom stereocenters. The van der Waals surface area contributed by atoms with Gasteiger partial charge in [0.1, 0.15) is 5.41 Å². The third-order valence-corrected chi connectivity index (χ3v) is 4.15. The Morgan fingerprint density at radius 3 is 2.43 bits per heavy atom. The highest BCUT2D eigenvalue weighted by Crippen LogP contribution is 2.46. The summed E-state index contributed by atoms with van der Waals surface area (Å²) in [5.41, 5.74) is 0.140. The molecule has 5 nitrogen and oxygen atoms in total. The predicted octanol–water partition coefficient (Wildman–Crippen LogP) is 2.77. The van der Waals surface area contributed by atoms with Crippen LogP contribution in [0.25, 0.3) is 0 Å². The molecule has 0 aromatic heterocycles. The maximum Gasteiger partial charge on any atom is 0.240 e. The second-order valence-corrected chi connectivity index (χ2v) is 6.61. The quantitative estimate of drug-likeness (QED) is 0.600. The van der Waals surface area contributed by atoms with Gasteiger partial charge in [-0.3, -0.25) is 14.4 Å². The molecular formula is C18H24N2O3. The number of rotatable bonds is 7. The molecule has 0 aliphatic heterocycles. The van der Waals surface area contributed by atoms with Crippen molar-refractivity contribution in [3.63, 3.8) is 0 Å². The van der Waals surface area contributed by atoms with Crippen molar-refractivity contribution in [1.29, 1.82) is 0 Å². The fourth-order valence-corrected chi connectivity index (χ4v) is 2.39. The standard InChI is InChI=1S/C18H24N2O3/c1-12(2)7-10-19-16(22)18(8-9-18)17(23)20-15-6-4-5-14(11-15)13(3)21/h4-6,11-12H,7-10H2,1-3H3,(H,19,22)(H,20,23). The van der Waals surface area contributed by atoms with Crippen molar-refractivity contribution in [2.75, 3.05) is 11.9 Å². The SMILES string of the molecule is CC(=O)c1cccc(NC(=O)C2(C(=O)NCCC(C)C)CC2)c1. The average Bonchev–Trinajstić information content (AvgIpc) is 3.28. The van der Waals surface area contributed by atoms with Crippen molar-refractivity contribution in [3.05, 3.63) is 29.8 Å². The molecule has 1 aliphatic carbocycles. The Morgan fingerprint density at radius 1 is 1.17 bits per heavy atom. The number of ketones is 1. The molecule has 2 N–H and O–H groups in total. The lowest BCUT2D eigenvalue weighted by Crippen LogP contribution is -2.40. The first-order chi connectivity index (χ1) is 10.8. The van der Waals surface area contributed by atoms with E-state index in [0.29, 0.717) is 36.6 Å². The van der Waals surface area contributed by atoms with Gasteiger partial charge in [-0.05, 0) is 44.2 Å². The molecule has 5 heteroatoms. The molecule has 0 unspecified atom stereocenters. The third kappa shape index (κ3) is 4.18. The number of amides is 2. The Labute approximate surface area is 136 Å². The highest BCUT2D eigenvalue weighted by atomic mass is 16.2. The fraction of sp³-hybridized carbons (Fsp3) is 0.500. The second kappa shape index (κ2) is 6.94. The minimum atomic E-state index is -0.941. The molecule has 2 rings (SSSR count). The van der Waals surface area contributed by atoms with Crippen molar-refractivity contribution in [2.24, 2.45) is 11.3 Å². The Hall–Kier alpha value is -2.17. The maximum absolute atomic E-state index is 12.5. The number of Topliss-reactive ketones (excluding diaryl/α,β-unsaturated/α-hetero) is 1. The first-order valence-corrected chi connectivity index (χ1v) is 8.06. The summed E-state index contributed by atoms with van der Waals surface area (Å²) in [6.07, 6.45) is 2.03. The maximum atomic E-state index is 12.5. The van der Waals surface area contributed by atoms with Gasteiger partial charge in [0.15, 0.2) is 5.78 Å². The highest BCUT2D eigenvalue weighted by molar-refractivity contribution is 6.13. The smallest absolute Gasteiger partial charge is 0.240 e. The van der Waals surface area contributed by atoms with Crippen LogP contribution in [0, 0.1) is 11.3 Å². The number of nitrogens with one attached hydrogen (secondary N) is 2. The molecular weight excluding hydrogens is 292 g/mol. The number of hydrogen-bond donors (Lipinski definition) is 2. The molecule has 0 bridgehead atoms. The Morgan fingerprint density at radius 2 is 1.87 bits per heavy atom. The van der Waals surface area contributed by atoms with E-state index in [0.717, 1.165) is 6.42 Å². The molecule has 0 spiro atoms. The molecule has 2 amide bonds. The van der Waals surface area contributed by atoms with Gasteiger partial charge in [-0.15, -0.1) is 0 Å². The van der Waals surface area contributed by atoms with E-state index in [-0.39, 0.29) is 17.6 Å². The number of anilines is 1. The van der Waals surface area contributed by atoms with E-state index in [9.17, 15) is 14.4 Å². The minimum absolute atomic E-state index is 0.0614. The summed E-state index contributed by atoms with van der Waals surface area (Å²) < 4.78 is 0. The number of benzene rings is 1. The highest BCUT2D eigenvalue weighted by Gasteiger charge is 2.56. The minimum Gasteiger partial charge on any atom is -0.355 e. The summed E-state index contributed by atoms with van der Waals surface area (Å²) >= 11 is 0. The van der Waals surface area contributed by atoms with E-state index in [2.05, 4.69) is 24.5 Å².